The molecule has 0 spiro atoms. The Hall–Kier alpha value is -6.00. The molecule has 3 nitrogen and oxygen atoms in total. The predicted octanol–water partition coefficient (Wildman–Crippen LogP) is 8.12. The van der Waals surface area contributed by atoms with Crippen LogP contribution in [0.2, 0.25) is 0 Å². The molecule has 46 heavy (non-hydrogen) atoms. The Balaban J connectivity index is 1.40. The third kappa shape index (κ3) is 2.54. The fourth-order valence-corrected chi connectivity index (χ4v) is 9.19. The lowest BCUT2D eigenvalue weighted by molar-refractivity contribution is 1.14. The van der Waals surface area contributed by atoms with Gasteiger partial charge < -0.3 is 13.7 Å². The zero-order valence-electron chi connectivity index (χ0n) is 24.8. The molecule has 2 aliphatic rings. The third-order valence-electron chi connectivity index (χ3n) is 10.8. The fraction of sp³-hybridized carbons (Fsp3) is 0. The van der Waals surface area contributed by atoms with E-state index in [1.54, 1.807) is 0 Å². The van der Waals surface area contributed by atoms with Gasteiger partial charge in [0.05, 0.1) is 27.6 Å². The molecule has 5 heterocycles. The van der Waals surface area contributed by atoms with Crippen molar-refractivity contribution in [2.45, 2.75) is 0 Å². The quantitative estimate of drug-likeness (QED) is 0.174. The fourth-order valence-electron chi connectivity index (χ4n) is 9.19. The molecule has 0 saturated carbocycles. The van der Waals surface area contributed by atoms with Crippen LogP contribution < -0.4 is 16.4 Å². The summed E-state index contributed by atoms with van der Waals surface area (Å²) in [6.45, 7) is 0.0708. The maximum Gasteiger partial charge on any atom is 0.254 e. The summed E-state index contributed by atoms with van der Waals surface area (Å²) < 4.78 is 7.63. The van der Waals surface area contributed by atoms with E-state index in [1.165, 1.54) is 98.9 Å². The lowest BCUT2D eigenvalue weighted by Crippen LogP contribution is -2.59. The Labute approximate surface area is 264 Å². The zero-order chi connectivity index (χ0) is 29.7. The molecular weight excluding hydrogens is 557 g/mol. The van der Waals surface area contributed by atoms with Crippen LogP contribution in [-0.2, 0) is 0 Å². The standard InChI is InChI=1S/C42H24BN3/c1-2-12-25(13-3-1)44-33-19-7-5-15-27(33)30-24-31-28-16-6-9-21-35(28)46-37-23-11-22-36-38(37)43(39(41(30)44)42(31)46)32-18-10-17-29-26-14-4-8-20-34(26)45(36)40(29)32/h1-24H. The molecule has 0 radical (unpaired) electrons. The largest absolute Gasteiger partial charge is 0.310 e. The summed E-state index contributed by atoms with van der Waals surface area (Å²) in [6, 6.07) is 54.1. The van der Waals surface area contributed by atoms with Crippen LogP contribution in [0.5, 0.6) is 0 Å². The summed E-state index contributed by atoms with van der Waals surface area (Å²) in [5, 5.41) is 7.85. The smallest absolute Gasteiger partial charge is 0.254 e. The molecule has 0 saturated heterocycles. The molecule has 7 aromatic carbocycles. The Morgan fingerprint density at radius 2 is 0.848 bits per heavy atom. The van der Waals surface area contributed by atoms with Crippen LogP contribution >= 0.6 is 0 Å². The molecule has 0 N–H and O–H groups in total. The summed E-state index contributed by atoms with van der Waals surface area (Å²) in [7, 11) is 0. The highest BCUT2D eigenvalue weighted by Crippen LogP contribution is 2.42. The van der Waals surface area contributed by atoms with E-state index in [1.807, 2.05) is 0 Å². The van der Waals surface area contributed by atoms with Crippen LogP contribution in [0, 0.1) is 0 Å². The average molecular weight is 581 g/mol. The maximum atomic E-state index is 2.57. The first-order valence-electron chi connectivity index (χ1n) is 16.1. The highest BCUT2D eigenvalue weighted by molar-refractivity contribution is 7.01. The molecule has 2 aliphatic heterocycles. The third-order valence-corrected chi connectivity index (χ3v) is 10.8. The van der Waals surface area contributed by atoms with Gasteiger partial charge >= 0.3 is 0 Å². The number of para-hydroxylation sites is 5. The van der Waals surface area contributed by atoms with Crippen molar-refractivity contribution in [3.05, 3.63) is 146 Å². The van der Waals surface area contributed by atoms with E-state index in [0.717, 1.165) is 0 Å². The molecule has 4 heteroatoms. The van der Waals surface area contributed by atoms with Crippen LogP contribution in [0.25, 0.3) is 82.5 Å². The van der Waals surface area contributed by atoms with E-state index in [9.17, 15) is 0 Å². The summed E-state index contributed by atoms with van der Waals surface area (Å²) >= 11 is 0. The number of benzene rings is 7. The van der Waals surface area contributed by atoms with Gasteiger partial charge in [0.25, 0.3) is 6.71 Å². The Morgan fingerprint density at radius 3 is 1.52 bits per heavy atom. The molecule has 12 rings (SSSR count). The highest BCUT2D eigenvalue weighted by Gasteiger charge is 2.42. The summed E-state index contributed by atoms with van der Waals surface area (Å²) in [5.74, 6) is 0. The monoisotopic (exact) mass is 581 g/mol. The van der Waals surface area contributed by atoms with E-state index in [-0.39, 0.29) is 6.71 Å². The van der Waals surface area contributed by atoms with Crippen LogP contribution in [0.3, 0.4) is 0 Å². The maximum absolute atomic E-state index is 2.57. The van der Waals surface area contributed by atoms with Gasteiger partial charge in [-0.1, -0.05) is 97.1 Å². The second kappa shape index (κ2) is 7.98. The lowest BCUT2D eigenvalue weighted by Gasteiger charge is -2.34. The molecule has 0 unspecified atom stereocenters. The number of hydrogen-bond donors (Lipinski definition) is 0. The van der Waals surface area contributed by atoms with Crippen molar-refractivity contribution in [1.29, 1.82) is 0 Å². The molecule has 0 atom stereocenters. The SMILES string of the molecule is c1ccc(-n2c3ccccc3c3cc4c5ccccc5n5c4c(c32)B2c3c(cccc3-5)-n3c4ccccc4c4cccc2c43)cc1. The predicted molar refractivity (Wildman–Crippen MR) is 194 cm³/mol. The van der Waals surface area contributed by atoms with Crippen molar-refractivity contribution in [2.24, 2.45) is 0 Å². The normalized spacial score (nSPS) is 13.2. The first-order valence-corrected chi connectivity index (χ1v) is 16.1. The molecule has 0 bridgehead atoms. The van der Waals surface area contributed by atoms with Crippen LogP contribution in [0.1, 0.15) is 0 Å². The van der Waals surface area contributed by atoms with E-state index >= 15 is 0 Å². The van der Waals surface area contributed by atoms with Crippen molar-refractivity contribution >= 4 is 88.5 Å². The van der Waals surface area contributed by atoms with Gasteiger partial charge in [0.1, 0.15) is 0 Å². The highest BCUT2D eigenvalue weighted by atomic mass is 15.0. The van der Waals surface area contributed by atoms with Crippen molar-refractivity contribution in [3.63, 3.8) is 0 Å². The van der Waals surface area contributed by atoms with E-state index in [2.05, 4.69) is 159 Å². The summed E-state index contributed by atoms with van der Waals surface area (Å²) in [5.41, 5.74) is 15.6. The van der Waals surface area contributed by atoms with Gasteiger partial charge in [-0.15, -0.1) is 0 Å². The molecule has 0 aliphatic carbocycles. The minimum atomic E-state index is 0.0708. The van der Waals surface area contributed by atoms with Crippen LogP contribution in [-0.4, -0.2) is 20.4 Å². The number of rotatable bonds is 1. The van der Waals surface area contributed by atoms with Gasteiger partial charge in [-0.2, -0.15) is 0 Å². The van der Waals surface area contributed by atoms with Crippen LogP contribution in [0.15, 0.2) is 146 Å². The van der Waals surface area contributed by atoms with Crippen molar-refractivity contribution in [2.75, 3.05) is 0 Å². The Bertz CT molecular complexity index is 2980. The van der Waals surface area contributed by atoms with Crippen molar-refractivity contribution < 1.29 is 0 Å². The minimum Gasteiger partial charge on any atom is -0.310 e. The van der Waals surface area contributed by atoms with Gasteiger partial charge in [-0.25, -0.2) is 0 Å². The van der Waals surface area contributed by atoms with Gasteiger partial charge in [0.15, 0.2) is 0 Å². The number of nitrogens with zero attached hydrogens (tertiary/aromatic N) is 3. The Kier molecular flexibility index (Phi) is 4.06. The molecule has 0 amide bonds. The van der Waals surface area contributed by atoms with Gasteiger partial charge in [-0.3, -0.25) is 0 Å². The number of aromatic nitrogens is 3. The van der Waals surface area contributed by atoms with E-state index in [4.69, 9.17) is 0 Å². The zero-order valence-corrected chi connectivity index (χ0v) is 24.8. The molecule has 10 aromatic rings. The van der Waals surface area contributed by atoms with Crippen LogP contribution in [0.4, 0.5) is 0 Å². The van der Waals surface area contributed by atoms with Crippen molar-refractivity contribution in [3.8, 4) is 17.1 Å². The van der Waals surface area contributed by atoms with E-state index in [0.29, 0.717) is 0 Å². The first kappa shape index (κ1) is 23.4. The second-order valence-electron chi connectivity index (χ2n) is 12.9. The van der Waals surface area contributed by atoms with Gasteiger partial charge in [0.2, 0.25) is 0 Å². The van der Waals surface area contributed by atoms with Gasteiger partial charge in [-0.05, 0) is 64.9 Å². The van der Waals surface area contributed by atoms with E-state index < -0.39 is 0 Å². The summed E-state index contributed by atoms with van der Waals surface area (Å²) in [4.78, 5) is 0. The number of hydrogen-bond acceptors (Lipinski definition) is 0. The average Bonchev–Trinajstić information content (AvgIpc) is 3.76. The van der Waals surface area contributed by atoms with Crippen molar-refractivity contribution in [1.82, 2.24) is 13.7 Å². The second-order valence-corrected chi connectivity index (χ2v) is 12.9. The molecule has 0 fully saturated rings. The number of fused-ring (bicyclic) bond motifs is 14. The summed E-state index contributed by atoms with van der Waals surface area (Å²) in [6.07, 6.45) is 0. The minimum absolute atomic E-state index is 0.0708. The lowest BCUT2D eigenvalue weighted by atomic mass is 9.34. The molecule has 3 aromatic heterocycles. The molecular formula is C42H24BN3. The first-order chi connectivity index (χ1) is 22.9. The molecule has 210 valence electrons. The Morgan fingerprint density at radius 1 is 0.348 bits per heavy atom. The van der Waals surface area contributed by atoms with Gasteiger partial charge in [0, 0.05) is 54.9 Å². The topological polar surface area (TPSA) is 14.8 Å².